The number of hydrogen-bond donors (Lipinski definition) is 1. The number of methoxy groups -OCH3 is 1. The highest BCUT2D eigenvalue weighted by Crippen LogP contribution is 2.12. The fraction of sp³-hybridized carbons (Fsp3) is 0.500. The van der Waals surface area contributed by atoms with E-state index < -0.39 is 0 Å². The Morgan fingerprint density at radius 2 is 1.76 bits per heavy atom. The van der Waals surface area contributed by atoms with Gasteiger partial charge in [0.05, 0.1) is 7.11 Å². The minimum absolute atomic E-state index is 0.0315. The summed E-state index contributed by atoms with van der Waals surface area (Å²) < 4.78 is 5.14. The first-order valence-electron chi connectivity index (χ1n) is 8.42. The van der Waals surface area contributed by atoms with Gasteiger partial charge in [-0.05, 0) is 17.7 Å². The van der Waals surface area contributed by atoms with Crippen LogP contribution in [0.4, 0.5) is 0 Å². The van der Waals surface area contributed by atoms with Crippen molar-refractivity contribution >= 4 is 17.7 Å². The van der Waals surface area contributed by atoms with Crippen LogP contribution in [0.3, 0.4) is 0 Å². The first kappa shape index (κ1) is 18.8. The van der Waals surface area contributed by atoms with E-state index in [1.807, 2.05) is 24.3 Å². The molecule has 0 saturated carbocycles. The molecule has 136 valence electrons. The second-order valence-corrected chi connectivity index (χ2v) is 6.02. The van der Waals surface area contributed by atoms with Gasteiger partial charge in [-0.15, -0.1) is 0 Å². The van der Waals surface area contributed by atoms with Gasteiger partial charge in [-0.1, -0.05) is 12.1 Å². The van der Waals surface area contributed by atoms with Crippen LogP contribution in [0, 0.1) is 0 Å². The van der Waals surface area contributed by atoms with Crippen molar-refractivity contribution < 1.29 is 19.1 Å². The fourth-order valence-electron chi connectivity index (χ4n) is 2.72. The lowest BCUT2D eigenvalue weighted by molar-refractivity contribution is -0.139. The standard InChI is InChI=1S/C18H25N3O4/c1-14(22)20-8-10-21(11-9-20)18(24)7-6-17(23)19-13-15-4-3-5-16(12-15)25-2/h3-5,12H,6-11,13H2,1-2H3,(H,19,23). The highest BCUT2D eigenvalue weighted by Gasteiger charge is 2.22. The Morgan fingerprint density at radius 1 is 1.08 bits per heavy atom. The van der Waals surface area contributed by atoms with Crippen molar-refractivity contribution in [3.05, 3.63) is 29.8 Å². The van der Waals surface area contributed by atoms with E-state index in [0.717, 1.165) is 11.3 Å². The number of nitrogens with one attached hydrogen (secondary N) is 1. The third-order valence-corrected chi connectivity index (χ3v) is 4.27. The van der Waals surface area contributed by atoms with Crippen LogP contribution in [0.1, 0.15) is 25.3 Å². The number of rotatable bonds is 6. The van der Waals surface area contributed by atoms with Crippen LogP contribution in [0.2, 0.25) is 0 Å². The van der Waals surface area contributed by atoms with Crippen molar-refractivity contribution in [3.63, 3.8) is 0 Å². The summed E-state index contributed by atoms with van der Waals surface area (Å²) in [6.45, 7) is 4.12. The molecule has 0 bridgehead atoms. The van der Waals surface area contributed by atoms with Crippen molar-refractivity contribution in [3.8, 4) is 5.75 Å². The molecule has 1 heterocycles. The average molecular weight is 347 g/mol. The quantitative estimate of drug-likeness (QED) is 0.825. The molecule has 1 aliphatic rings. The smallest absolute Gasteiger partial charge is 0.223 e. The second-order valence-electron chi connectivity index (χ2n) is 6.02. The number of benzene rings is 1. The molecule has 0 spiro atoms. The number of hydrogen-bond acceptors (Lipinski definition) is 4. The third-order valence-electron chi connectivity index (χ3n) is 4.27. The zero-order chi connectivity index (χ0) is 18.2. The van der Waals surface area contributed by atoms with Gasteiger partial charge in [0, 0.05) is 52.5 Å². The van der Waals surface area contributed by atoms with Gasteiger partial charge in [0.2, 0.25) is 17.7 Å². The van der Waals surface area contributed by atoms with Crippen molar-refractivity contribution in [2.24, 2.45) is 0 Å². The molecule has 1 aromatic rings. The molecule has 1 aromatic carbocycles. The van der Waals surface area contributed by atoms with Crippen molar-refractivity contribution in [2.45, 2.75) is 26.3 Å². The number of carbonyl (C=O) groups is 3. The number of nitrogens with zero attached hydrogens (tertiary/aromatic N) is 2. The molecule has 2 rings (SSSR count). The summed E-state index contributed by atoms with van der Waals surface area (Å²) in [5, 5.41) is 2.81. The van der Waals surface area contributed by atoms with Crippen molar-refractivity contribution in [1.82, 2.24) is 15.1 Å². The summed E-state index contributed by atoms with van der Waals surface area (Å²) in [5.41, 5.74) is 0.944. The van der Waals surface area contributed by atoms with Crippen LogP contribution in [-0.2, 0) is 20.9 Å². The molecule has 25 heavy (non-hydrogen) atoms. The molecule has 0 radical (unpaired) electrons. The molecule has 3 amide bonds. The van der Waals surface area contributed by atoms with Gasteiger partial charge in [0.25, 0.3) is 0 Å². The topological polar surface area (TPSA) is 79.0 Å². The summed E-state index contributed by atoms with van der Waals surface area (Å²) in [7, 11) is 1.60. The highest BCUT2D eigenvalue weighted by molar-refractivity contribution is 5.84. The normalized spacial score (nSPS) is 14.2. The third kappa shape index (κ3) is 5.77. The molecule has 0 atom stereocenters. The van der Waals surface area contributed by atoms with Crippen molar-refractivity contribution in [1.29, 1.82) is 0 Å². The summed E-state index contributed by atoms with van der Waals surface area (Å²) in [6.07, 6.45) is 0.347. The van der Waals surface area contributed by atoms with E-state index in [1.165, 1.54) is 6.92 Å². The molecule has 0 aliphatic carbocycles. The largest absolute Gasteiger partial charge is 0.497 e. The van der Waals surface area contributed by atoms with Gasteiger partial charge in [-0.3, -0.25) is 14.4 Å². The van der Waals surface area contributed by atoms with E-state index in [-0.39, 0.29) is 30.6 Å². The Kier molecular flexibility index (Phi) is 6.80. The molecule has 1 fully saturated rings. The number of carbonyl (C=O) groups excluding carboxylic acids is 3. The molecule has 7 nitrogen and oxygen atoms in total. The van der Waals surface area contributed by atoms with Gasteiger partial charge in [-0.2, -0.15) is 0 Å². The minimum atomic E-state index is -0.154. The van der Waals surface area contributed by atoms with E-state index in [1.54, 1.807) is 16.9 Å². The molecular weight excluding hydrogens is 322 g/mol. The monoisotopic (exact) mass is 347 g/mol. The second kappa shape index (κ2) is 9.05. The summed E-state index contributed by atoms with van der Waals surface area (Å²) in [5.74, 6) is 0.578. The maximum absolute atomic E-state index is 12.2. The van der Waals surface area contributed by atoms with Gasteiger partial charge in [0.15, 0.2) is 0 Å². The Bertz CT molecular complexity index is 625. The maximum atomic E-state index is 12.2. The predicted molar refractivity (Wildman–Crippen MR) is 92.9 cm³/mol. The SMILES string of the molecule is COc1cccc(CNC(=O)CCC(=O)N2CCN(C(C)=O)CC2)c1. The molecule has 7 heteroatoms. The number of piperazine rings is 1. The Labute approximate surface area is 147 Å². The van der Waals surface area contributed by atoms with Gasteiger partial charge in [-0.25, -0.2) is 0 Å². The summed E-state index contributed by atoms with van der Waals surface area (Å²) in [6, 6.07) is 7.47. The van der Waals surface area contributed by atoms with E-state index in [4.69, 9.17) is 4.74 Å². The van der Waals surface area contributed by atoms with Crippen LogP contribution in [0.5, 0.6) is 5.75 Å². The Hall–Kier alpha value is -2.57. The van der Waals surface area contributed by atoms with Crippen molar-refractivity contribution in [2.75, 3.05) is 33.3 Å². The molecule has 0 aromatic heterocycles. The molecule has 1 aliphatic heterocycles. The molecule has 1 saturated heterocycles. The Balaban J connectivity index is 1.69. The lowest BCUT2D eigenvalue weighted by Crippen LogP contribution is -2.50. The predicted octanol–water partition coefficient (Wildman–Crippen LogP) is 0.782. The molecule has 1 N–H and O–H groups in total. The van der Waals surface area contributed by atoms with Crippen LogP contribution in [0.25, 0.3) is 0 Å². The van der Waals surface area contributed by atoms with Crippen LogP contribution < -0.4 is 10.1 Å². The number of amides is 3. The fourth-order valence-corrected chi connectivity index (χ4v) is 2.72. The lowest BCUT2D eigenvalue weighted by Gasteiger charge is -2.34. The summed E-state index contributed by atoms with van der Waals surface area (Å²) >= 11 is 0. The van der Waals surface area contributed by atoms with Gasteiger partial charge in [0.1, 0.15) is 5.75 Å². The highest BCUT2D eigenvalue weighted by atomic mass is 16.5. The molecular formula is C18H25N3O4. The van der Waals surface area contributed by atoms with Gasteiger partial charge >= 0.3 is 0 Å². The zero-order valence-electron chi connectivity index (χ0n) is 14.8. The van der Waals surface area contributed by atoms with Gasteiger partial charge < -0.3 is 19.9 Å². The maximum Gasteiger partial charge on any atom is 0.223 e. The first-order chi connectivity index (χ1) is 12.0. The van der Waals surface area contributed by atoms with Crippen LogP contribution in [0.15, 0.2) is 24.3 Å². The van der Waals surface area contributed by atoms with Crippen LogP contribution >= 0.6 is 0 Å². The molecule has 0 unspecified atom stereocenters. The van der Waals surface area contributed by atoms with E-state index >= 15 is 0 Å². The van der Waals surface area contributed by atoms with E-state index in [2.05, 4.69) is 5.32 Å². The van der Waals surface area contributed by atoms with E-state index in [9.17, 15) is 14.4 Å². The van der Waals surface area contributed by atoms with E-state index in [0.29, 0.717) is 32.7 Å². The minimum Gasteiger partial charge on any atom is -0.497 e. The summed E-state index contributed by atoms with van der Waals surface area (Å²) in [4.78, 5) is 38.8. The number of ether oxygens (including phenoxy) is 1. The zero-order valence-corrected chi connectivity index (χ0v) is 14.8. The van der Waals surface area contributed by atoms with Crippen LogP contribution in [-0.4, -0.2) is 60.8 Å². The Morgan fingerprint density at radius 3 is 2.40 bits per heavy atom. The first-order valence-corrected chi connectivity index (χ1v) is 8.42. The lowest BCUT2D eigenvalue weighted by atomic mass is 10.2. The average Bonchev–Trinajstić information content (AvgIpc) is 2.64.